The molecule has 0 bridgehead atoms. The number of methoxy groups -OCH3 is 1. The zero-order valence-corrected chi connectivity index (χ0v) is 12.8. The molecule has 0 aliphatic carbocycles. The summed E-state index contributed by atoms with van der Waals surface area (Å²) in [6.07, 6.45) is 3.18. The van der Waals surface area contributed by atoms with Gasteiger partial charge in [0, 0.05) is 6.20 Å². The summed E-state index contributed by atoms with van der Waals surface area (Å²) in [5.74, 6) is -1.91. The number of aromatic nitrogens is 1. The Morgan fingerprint density at radius 1 is 1.28 bits per heavy atom. The number of nitro benzene ring substituents is 2. The summed E-state index contributed by atoms with van der Waals surface area (Å²) in [5, 5.41) is 32.3. The molecule has 0 atom stereocenters. The van der Waals surface area contributed by atoms with Crippen molar-refractivity contribution in [3.05, 3.63) is 68.0 Å². The highest BCUT2D eigenvalue weighted by Crippen LogP contribution is 2.44. The molecule has 0 amide bonds. The number of hydrogen-bond acceptors (Lipinski definition) is 8. The Bertz CT molecular complexity index is 878. The van der Waals surface area contributed by atoms with E-state index in [1.807, 2.05) is 0 Å². The number of carbonyl (C=O) groups excluding carboxylic acids is 1. The smallest absolute Gasteiger partial charge is 0.328 e. The van der Waals surface area contributed by atoms with Crippen LogP contribution in [0, 0.1) is 20.2 Å². The molecule has 25 heavy (non-hydrogen) atoms. The van der Waals surface area contributed by atoms with Crippen LogP contribution < -0.4 is 4.74 Å². The van der Waals surface area contributed by atoms with Crippen molar-refractivity contribution >= 4 is 23.2 Å². The van der Waals surface area contributed by atoms with Gasteiger partial charge in [-0.1, -0.05) is 6.07 Å². The highest BCUT2D eigenvalue weighted by atomic mass is 16.6. The first kappa shape index (κ1) is 17.5. The number of rotatable bonds is 6. The predicted octanol–water partition coefficient (Wildman–Crippen LogP) is 2.51. The lowest BCUT2D eigenvalue weighted by Gasteiger charge is -2.07. The molecule has 0 aliphatic rings. The van der Waals surface area contributed by atoms with Gasteiger partial charge in [-0.25, -0.2) is 0 Å². The number of benzene rings is 1. The number of carbonyl (C=O) groups is 1. The average molecular weight is 345 g/mol. The first-order valence-electron chi connectivity index (χ1n) is 6.73. The number of phenols is 1. The van der Waals surface area contributed by atoms with Crippen LogP contribution in [-0.2, 0) is 0 Å². The van der Waals surface area contributed by atoms with Gasteiger partial charge in [-0.05, 0) is 24.3 Å². The molecule has 10 heteroatoms. The fourth-order valence-electron chi connectivity index (χ4n) is 2.04. The molecule has 1 N–H and O–H groups in total. The fourth-order valence-corrected chi connectivity index (χ4v) is 2.04. The van der Waals surface area contributed by atoms with Crippen molar-refractivity contribution in [1.82, 2.24) is 4.98 Å². The van der Waals surface area contributed by atoms with E-state index in [2.05, 4.69) is 4.98 Å². The molecule has 0 saturated carbocycles. The van der Waals surface area contributed by atoms with E-state index in [1.54, 1.807) is 12.1 Å². The average Bonchev–Trinajstić information content (AvgIpc) is 2.59. The van der Waals surface area contributed by atoms with Crippen molar-refractivity contribution in [3.8, 4) is 11.5 Å². The Hall–Kier alpha value is -3.82. The van der Waals surface area contributed by atoms with Crippen LogP contribution >= 0.6 is 0 Å². The molecule has 0 spiro atoms. The summed E-state index contributed by atoms with van der Waals surface area (Å²) in [5.41, 5.74) is -2.10. The first-order chi connectivity index (χ1) is 11.9. The quantitative estimate of drug-likeness (QED) is 0.363. The minimum atomic E-state index is -0.990. The van der Waals surface area contributed by atoms with Crippen LogP contribution in [0.3, 0.4) is 0 Å². The summed E-state index contributed by atoms with van der Waals surface area (Å²) in [4.78, 5) is 36.4. The highest BCUT2D eigenvalue weighted by Gasteiger charge is 2.31. The van der Waals surface area contributed by atoms with Crippen LogP contribution in [0.1, 0.15) is 16.1 Å². The molecule has 1 aromatic heterocycles. The highest BCUT2D eigenvalue weighted by molar-refractivity contribution is 6.06. The Balaban J connectivity index is 2.61. The lowest BCUT2D eigenvalue weighted by Crippen LogP contribution is -2.01. The van der Waals surface area contributed by atoms with E-state index in [-0.39, 0.29) is 5.69 Å². The number of ether oxygens (including phenoxy) is 1. The Kier molecular flexibility index (Phi) is 5.03. The molecule has 1 heterocycles. The van der Waals surface area contributed by atoms with Crippen LogP contribution in [0.15, 0.2) is 36.5 Å². The normalized spacial score (nSPS) is 10.6. The number of nitrogens with zero attached hydrogens (tertiary/aromatic N) is 3. The van der Waals surface area contributed by atoms with E-state index < -0.39 is 44.1 Å². The third-order valence-electron chi connectivity index (χ3n) is 3.17. The van der Waals surface area contributed by atoms with Crippen molar-refractivity contribution in [3.63, 3.8) is 0 Å². The van der Waals surface area contributed by atoms with Gasteiger partial charge in [0.1, 0.15) is 11.3 Å². The second-order valence-corrected chi connectivity index (χ2v) is 4.64. The number of hydrogen-bond donors (Lipinski definition) is 1. The summed E-state index contributed by atoms with van der Waals surface area (Å²) in [6, 6.07) is 5.42. The monoisotopic (exact) mass is 345 g/mol. The predicted molar refractivity (Wildman–Crippen MR) is 85.6 cm³/mol. The van der Waals surface area contributed by atoms with Crippen LogP contribution in [0.25, 0.3) is 6.08 Å². The van der Waals surface area contributed by atoms with Gasteiger partial charge in [-0.3, -0.25) is 30.0 Å². The van der Waals surface area contributed by atoms with Crippen LogP contribution in [0.4, 0.5) is 11.4 Å². The standard InChI is InChI=1S/C15H11N3O7/c1-25-13-8-11(17(21)22)9(14(15(13)20)18(23)24)5-6-12(19)10-4-2-3-7-16-10/h2-8,20H,1H3/b6-5+. The molecule has 0 aliphatic heterocycles. The largest absolute Gasteiger partial charge is 0.499 e. The van der Waals surface area contributed by atoms with Gasteiger partial charge < -0.3 is 9.84 Å². The van der Waals surface area contributed by atoms with Gasteiger partial charge in [0.25, 0.3) is 5.69 Å². The number of allylic oxidation sites excluding steroid dienone is 1. The lowest BCUT2D eigenvalue weighted by molar-refractivity contribution is -0.395. The fraction of sp³-hybridized carbons (Fsp3) is 0.0667. The van der Waals surface area contributed by atoms with E-state index in [0.717, 1.165) is 25.3 Å². The van der Waals surface area contributed by atoms with Gasteiger partial charge in [-0.2, -0.15) is 0 Å². The number of phenolic OH excluding ortho intramolecular Hbond substituents is 1. The maximum Gasteiger partial charge on any atom is 0.328 e. The van der Waals surface area contributed by atoms with Crippen molar-refractivity contribution in [1.29, 1.82) is 0 Å². The lowest BCUT2D eigenvalue weighted by atomic mass is 10.1. The first-order valence-corrected chi connectivity index (χ1v) is 6.73. The maximum absolute atomic E-state index is 12.0. The summed E-state index contributed by atoms with van der Waals surface area (Å²) < 4.78 is 4.72. The van der Waals surface area contributed by atoms with Gasteiger partial charge in [0.05, 0.1) is 23.0 Å². The molecule has 1 aromatic carbocycles. The molecule has 0 unspecified atom stereocenters. The van der Waals surface area contributed by atoms with Crippen LogP contribution in [0.5, 0.6) is 11.5 Å². The molecular formula is C15H11N3O7. The van der Waals surface area contributed by atoms with E-state index in [1.165, 1.54) is 12.3 Å². The van der Waals surface area contributed by atoms with Crippen molar-refractivity contribution in [2.24, 2.45) is 0 Å². The van der Waals surface area contributed by atoms with E-state index in [9.17, 15) is 30.1 Å². The van der Waals surface area contributed by atoms with Gasteiger partial charge in [0.15, 0.2) is 5.75 Å². The Labute approximate surface area is 140 Å². The number of nitro groups is 2. The molecule has 0 fully saturated rings. The van der Waals surface area contributed by atoms with Crippen molar-refractivity contribution in [2.75, 3.05) is 7.11 Å². The number of ketones is 1. The van der Waals surface area contributed by atoms with Gasteiger partial charge >= 0.3 is 5.69 Å². The second-order valence-electron chi connectivity index (χ2n) is 4.64. The minimum Gasteiger partial charge on any atom is -0.499 e. The molecule has 10 nitrogen and oxygen atoms in total. The maximum atomic E-state index is 12.0. The van der Waals surface area contributed by atoms with E-state index in [0.29, 0.717) is 0 Å². The van der Waals surface area contributed by atoms with Crippen molar-refractivity contribution < 1.29 is 24.5 Å². The Morgan fingerprint density at radius 3 is 2.52 bits per heavy atom. The SMILES string of the molecule is COc1cc([N+](=O)[O-])c(/C=C/C(=O)c2ccccn2)c([N+](=O)[O-])c1O. The van der Waals surface area contributed by atoms with Gasteiger partial charge in [0.2, 0.25) is 11.5 Å². The molecule has 0 saturated heterocycles. The second kappa shape index (κ2) is 7.17. The summed E-state index contributed by atoms with van der Waals surface area (Å²) in [6.45, 7) is 0. The molecule has 2 aromatic rings. The third kappa shape index (κ3) is 3.58. The Morgan fingerprint density at radius 2 is 2.00 bits per heavy atom. The van der Waals surface area contributed by atoms with Crippen molar-refractivity contribution in [2.45, 2.75) is 0 Å². The molecular weight excluding hydrogens is 334 g/mol. The summed E-state index contributed by atoms with van der Waals surface area (Å²) >= 11 is 0. The molecule has 0 radical (unpaired) electrons. The number of aromatic hydroxyl groups is 1. The minimum absolute atomic E-state index is 0.0572. The van der Waals surface area contributed by atoms with E-state index in [4.69, 9.17) is 4.74 Å². The topological polar surface area (TPSA) is 146 Å². The zero-order valence-electron chi connectivity index (χ0n) is 12.8. The van der Waals surface area contributed by atoms with Gasteiger partial charge in [-0.15, -0.1) is 0 Å². The third-order valence-corrected chi connectivity index (χ3v) is 3.17. The summed E-state index contributed by atoms with van der Waals surface area (Å²) in [7, 11) is 1.10. The molecule has 128 valence electrons. The van der Waals surface area contributed by atoms with E-state index >= 15 is 0 Å². The van der Waals surface area contributed by atoms with Crippen LogP contribution in [-0.4, -0.2) is 32.8 Å². The number of pyridine rings is 1. The van der Waals surface area contributed by atoms with Crippen LogP contribution in [0.2, 0.25) is 0 Å². The molecule has 2 rings (SSSR count). The zero-order chi connectivity index (χ0) is 18.6.